The lowest BCUT2D eigenvalue weighted by Gasteiger charge is -2.70. The molecule has 0 saturated heterocycles. The molecule has 9 atom stereocenters. The van der Waals surface area contributed by atoms with Crippen molar-refractivity contribution >= 4 is 17.4 Å². The first-order chi connectivity index (χ1) is 22.8. The number of tetrazole rings is 1. The van der Waals surface area contributed by atoms with Crippen LogP contribution in [0.1, 0.15) is 113 Å². The molecular formula is C40H57N5O3. The second-order valence-corrected chi connectivity index (χ2v) is 17.7. The van der Waals surface area contributed by atoms with Crippen LogP contribution in [0, 0.1) is 56.7 Å². The molecule has 0 bridgehead atoms. The molecule has 0 radical (unpaired) electrons. The number of aromatic nitrogens is 4. The normalized spacial score (nSPS) is 40.0. The monoisotopic (exact) mass is 655 g/mol. The van der Waals surface area contributed by atoms with Crippen LogP contribution in [0.15, 0.2) is 35.9 Å². The predicted molar refractivity (Wildman–Crippen MR) is 188 cm³/mol. The molecule has 0 aliphatic heterocycles. The average molecular weight is 656 g/mol. The van der Waals surface area contributed by atoms with Crippen molar-refractivity contribution < 1.29 is 14.3 Å². The molecule has 5 aliphatic carbocycles. The maximum Gasteiger partial charge on any atom is 0.312 e. The molecule has 1 aromatic carbocycles. The SMILES string of the molecule is C[C@H]1[C@H](C)CC[C@]2(C(=O)OCCCNc3ccc(-c4nn[nH]n4)cc3)CC[C@]3(C)C(=CC[C@@H]4[C@@]5(C)CCC(=O)C(C)(C)[C@@H]5CC[C@]43C)[C@H]12. The lowest BCUT2D eigenvalue weighted by atomic mass is 9.33. The lowest BCUT2D eigenvalue weighted by Crippen LogP contribution is -2.65. The summed E-state index contributed by atoms with van der Waals surface area (Å²) in [7, 11) is 0. The number of fused-ring (bicyclic) bond motifs is 7. The van der Waals surface area contributed by atoms with E-state index < -0.39 is 5.41 Å². The van der Waals surface area contributed by atoms with Crippen molar-refractivity contribution in [3.8, 4) is 11.4 Å². The topological polar surface area (TPSA) is 110 Å². The van der Waals surface area contributed by atoms with Crippen LogP contribution in [0.5, 0.6) is 0 Å². The van der Waals surface area contributed by atoms with E-state index in [1.54, 1.807) is 5.57 Å². The first kappa shape index (κ1) is 33.5. The third-order valence-corrected chi connectivity index (χ3v) is 15.5. The molecule has 260 valence electrons. The van der Waals surface area contributed by atoms with Crippen molar-refractivity contribution in [1.29, 1.82) is 0 Å². The van der Waals surface area contributed by atoms with E-state index in [1.807, 2.05) is 24.3 Å². The minimum Gasteiger partial charge on any atom is -0.465 e. The third-order valence-electron chi connectivity index (χ3n) is 15.5. The van der Waals surface area contributed by atoms with Crippen LogP contribution in [0.4, 0.5) is 5.69 Å². The zero-order valence-electron chi connectivity index (χ0n) is 30.3. The second-order valence-electron chi connectivity index (χ2n) is 17.7. The number of hydrogen-bond donors (Lipinski definition) is 2. The summed E-state index contributed by atoms with van der Waals surface area (Å²) in [5, 5.41) is 17.6. The highest BCUT2D eigenvalue weighted by Crippen LogP contribution is 2.75. The van der Waals surface area contributed by atoms with Gasteiger partial charge in [-0.2, -0.15) is 5.21 Å². The average Bonchev–Trinajstić information content (AvgIpc) is 3.60. The lowest BCUT2D eigenvalue weighted by molar-refractivity contribution is -0.192. The summed E-state index contributed by atoms with van der Waals surface area (Å²) in [6.45, 7) is 18.1. The van der Waals surface area contributed by atoms with Crippen molar-refractivity contribution in [3.63, 3.8) is 0 Å². The molecule has 5 aliphatic rings. The summed E-state index contributed by atoms with van der Waals surface area (Å²) in [6.07, 6.45) is 12.5. The predicted octanol–water partition coefficient (Wildman–Crippen LogP) is 8.44. The van der Waals surface area contributed by atoms with Gasteiger partial charge in [0.1, 0.15) is 5.78 Å². The molecule has 2 N–H and O–H groups in total. The Hall–Kier alpha value is -3.03. The Morgan fingerprint density at radius 2 is 1.75 bits per heavy atom. The van der Waals surface area contributed by atoms with Crippen LogP contribution in [0.2, 0.25) is 0 Å². The smallest absolute Gasteiger partial charge is 0.312 e. The molecule has 2 aromatic rings. The van der Waals surface area contributed by atoms with E-state index >= 15 is 0 Å². The Morgan fingerprint density at radius 1 is 0.979 bits per heavy atom. The molecule has 8 heteroatoms. The van der Waals surface area contributed by atoms with Crippen LogP contribution in [-0.2, 0) is 14.3 Å². The van der Waals surface area contributed by atoms with Crippen LogP contribution >= 0.6 is 0 Å². The Morgan fingerprint density at radius 3 is 2.48 bits per heavy atom. The number of hydrogen-bond acceptors (Lipinski definition) is 7. The number of nitrogens with one attached hydrogen (secondary N) is 2. The van der Waals surface area contributed by atoms with Gasteiger partial charge in [-0.1, -0.05) is 60.1 Å². The molecule has 4 saturated carbocycles. The first-order valence-electron chi connectivity index (χ1n) is 18.8. The number of ether oxygens (including phenoxy) is 1. The fraction of sp³-hybridized carbons (Fsp3) is 0.725. The summed E-state index contributed by atoms with van der Waals surface area (Å²) in [5.74, 6) is 3.33. The van der Waals surface area contributed by atoms with Gasteiger partial charge in [0.05, 0.1) is 12.0 Å². The van der Waals surface area contributed by atoms with Crippen LogP contribution in [-0.4, -0.2) is 45.5 Å². The summed E-state index contributed by atoms with van der Waals surface area (Å²) in [6, 6.07) is 7.96. The van der Waals surface area contributed by atoms with Gasteiger partial charge in [-0.15, -0.1) is 10.2 Å². The highest BCUT2D eigenvalue weighted by Gasteiger charge is 2.69. The summed E-state index contributed by atoms with van der Waals surface area (Å²) in [5.41, 5.74) is 3.19. The molecule has 1 heterocycles. The van der Waals surface area contributed by atoms with Gasteiger partial charge in [0, 0.05) is 29.6 Å². The van der Waals surface area contributed by atoms with Gasteiger partial charge in [-0.25, -0.2) is 0 Å². The van der Waals surface area contributed by atoms with Crippen LogP contribution < -0.4 is 5.32 Å². The Labute approximate surface area is 287 Å². The maximum absolute atomic E-state index is 14.4. The van der Waals surface area contributed by atoms with Gasteiger partial charge in [-0.05, 0) is 133 Å². The van der Waals surface area contributed by atoms with Gasteiger partial charge in [0.2, 0.25) is 5.82 Å². The highest BCUT2D eigenvalue weighted by atomic mass is 16.5. The minimum atomic E-state index is -0.431. The number of Topliss-reactive ketones (excluding diaryl/α,β-unsaturated/α-hetero) is 1. The second kappa shape index (κ2) is 11.8. The van der Waals surface area contributed by atoms with Crippen molar-refractivity contribution in [2.45, 2.75) is 113 Å². The number of aromatic amines is 1. The van der Waals surface area contributed by atoms with E-state index in [-0.39, 0.29) is 33.5 Å². The van der Waals surface area contributed by atoms with Crippen LogP contribution in [0.3, 0.4) is 0 Å². The van der Waals surface area contributed by atoms with Gasteiger partial charge in [0.25, 0.3) is 0 Å². The Bertz CT molecular complexity index is 1570. The van der Waals surface area contributed by atoms with E-state index in [1.165, 1.54) is 6.42 Å². The van der Waals surface area contributed by atoms with Crippen LogP contribution in [0.25, 0.3) is 11.4 Å². The quantitative estimate of drug-likeness (QED) is 0.175. The molecule has 8 nitrogen and oxygen atoms in total. The van der Waals surface area contributed by atoms with Gasteiger partial charge < -0.3 is 10.1 Å². The number of carbonyl (C=O) groups excluding carboxylic acids is 2. The first-order valence-corrected chi connectivity index (χ1v) is 18.8. The van der Waals surface area contributed by atoms with E-state index in [0.29, 0.717) is 41.9 Å². The molecular weight excluding hydrogens is 598 g/mol. The fourth-order valence-corrected chi connectivity index (χ4v) is 12.3. The number of ketones is 1. The number of esters is 1. The maximum atomic E-state index is 14.4. The Balaban J connectivity index is 1.07. The zero-order valence-corrected chi connectivity index (χ0v) is 30.3. The standard InChI is InChI=1S/C40H57N5O3/c1-25-15-20-40(35(47)48-24-8-23-41-28-11-9-27(10-12-28)34-42-44-45-43-34)22-21-38(6)29(33(40)26(25)2)13-14-31-37(5)18-17-32(46)36(3,4)30(37)16-19-39(31,38)7/h9-13,25-26,30-31,33,41H,8,14-24H2,1-7H3,(H,42,43,44,45)/t25-,26+,30+,31-,33+,37+,38-,39-,40+/m1/s1. The molecule has 4 fully saturated rings. The zero-order chi connectivity index (χ0) is 34.1. The molecule has 0 spiro atoms. The molecule has 7 rings (SSSR count). The number of benzene rings is 1. The van der Waals surface area contributed by atoms with Crippen molar-refractivity contribution in [2.75, 3.05) is 18.5 Å². The number of rotatable bonds is 7. The number of allylic oxidation sites excluding steroid dienone is 2. The van der Waals surface area contributed by atoms with Gasteiger partial charge in [0.15, 0.2) is 0 Å². The third kappa shape index (κ3) is 4.85. The highest BCUT2D eigenvalue weighted by molar-refractivity contribution is 5.85. The summed E-state index contributed by atoms with van der Waals surface area (Å²) in [4.78, 5) is 27.5. The Kier molecular flexibility index (Phi) is 8.22. The van der Waals surface area contributed by atoms with Gasteiger partial charge >= 0.3 is 5.97 Å². The molecule has 0 unspecified atom stereocenters. The number of carbonyl (C=O) groups is 2. The number of nitrogens with zero attached hydrogens (tertiary/aromatic N) is 3. The van der Waals surface area contributed by atoms with Crippen molar-refractivity contribution in [3.05, 3.63) is 35.9 Å². The summed E-state index contributed by atoms with van der Waals surface area (Å²) >= 11 is 0. The van der Waals surface area contributed by atoms with E-state index in [2.05, 4.69) is 80.5 Å². The van der Waals surface area contributed by atoms with Gasteiger partial charge in [-0.3, -0.25) is 9.59 Å². The number of anilines is 1. The van der Waals surface area contributed by atoms with Crippen molar-refractivity contribution in [1.82, 2.24) is 20.6 Å². The molecule has 1 aromatic heterocycles. The minimum absolute atomic E-state index is 0.0363. The summed E-state index contributed by atoms with van der Waals surface area (Å²) < 4.78 is 6.23. The van der Waals surface area contributed by atoms with E-state index in [4.69, 9.17) is 4.74 Å². The molecule has 48 heavy (non-hydrogen) atoms. The fourth-order valence-electron chi connectivity index (χ4n) is 12.3. The molecule has 0 amide bonds. The van der Waals surface area contributed by atoms with E-state index in [9.17, 15) is 9.59 Å². The number of H-pyrrole nitrogens is 1. The van der Waals surface area contributed by atoms with E-state index in [0.717, 1.165) is 75.6 Å². The van der Waals surface area contributed by atoms with Crippen molar-refractivity contribution in [2.24, 2.45) is 56.7 Å². The largest absolute Gasteiger partial charge is 0.465 e.